The van der Waals surface area contributed by atoms with E-state index in [1.807, 2.05) is 6.92 Å². The number of rotatable bonds is 5. The molecule has 0 spiro atoms. The standard InChI is InChI=1S/C12H11ClFN3O2S/c1-2-10-15-16-12(20-6-11(18)19)17(10)7-3-4-9(14)8(13)5-7/h3-5H,2,6H2,1H3,(H,18,19). The Morgan fingerprint density at radius 2 is 2.25 bits per heavy atom. The minimum absolute atomic E-state index is 0.00700. The fraction of sp³-hybridized carbons (Fsp3) is 0.250. The number of nitrogens with zero attached hydrogens (tertiary/aromatic N) is 3. The maximum absolute atomic E-state index is 13.2. The first-order valence-electron chi connectivity index (χ1n) is 5.77. The van der Waals surface area contributed by atoms with Crippen LogP contribution in [0.15, 0.2) is 23.4 Å². The van der Waals surface area contributed by atoms with Crippen LogP contribution in [0.2, 0.25) is 5.02 Å². The van der Waals surface area contributed by atoms with Crippen LogP contribution in [0.1, 0.15) is 12.7 Å². The van der Waals surface area contributed by atoms with Crippen LogP contribution in [0.3, 0.4) is 0 Å². The van der Waals surface area contributed by atoms with Crippen LogP contribution in [0.4, 0.5) is 4.39 Å². The molecule has 0 saturated carbocycles. The summed E-state index contributed by atoms with van der Waals surface area (Å²) in [5.41, 5.74) is 0.603. The topological polar surface area (TPSA) is 68.0 Å². The fourth-order valence-corrected chi connectivity index (χ4v) is 2.50. The minimum atomic E-state index is -0.945. The van der Waals surface area contributed by atoms with Gasteiger partial charge in [0, 0.05) is 6.42 Å². The number of hydrogen-bond acceptors (Lipinski definition) is 4. The third kappa shape index (κ3) is 3.10. The molecule has 0 aliphatic carbocycles. The van der Waals surface area contributed by atoms with E-state index in [0.717, 1.165) is 11.8 Å². The van der Waals surface area contributed by atoms with Crippen molar-refractivity contribution in [1.82, 2.24) is 14.8 Å². The number of carboxylic acid groups (broad SMARTS) is 1. The quantitative estimate of drug-likeness (QED) is 0.859. The Morgan fingerprint density at radius 1 is 1.50 bits per heavy atom. The highest BCUT2D eigenvalue weighted by Crippen LogP contribution is 2.25. The molecule has 0 unspecified atom stereocenters. The number of carbonyl (C=O) groups is 1. The molecule has 20 heavy (non-hydrogen) atoms. The highest BCUT2D eigenvalue weighted by Gasteiger charge is 2.15. The van der Waals surface area contributed by atoms with Crippen LogP contribution < -0.4 is 0 Å². The van der Waals surface area contributed by atoms with Crippen molar-refractivity contribution in [2.75, 3.05) is 5.75 Å². The number of benzene rings is 1. The molecular weight excluding hydrogens is 305 g/mol. The number of aryl methyl sites for hydroxylation is 1. The molecule has 0 atom stereocenters. The molecule has 2 rings (SSSR count). The summed E-state index contributed by atoms with van der Waals surface area (Å²) >= 11 is 6.83. The van der Waals surface area contributed by atoms with E-state index >= 15 is 0 Å². The van der Waals surface area contributed by atoms with E-state index < -0.39 is 11.8 Å². The lowest BCUT2D eigenvalue weighted by Crippen LogP contribution is -2.04. The van der Waals surface area contributed by atoms with Gasteiger partial charge in [-0.05, 0) is 18.2 Å². The van der Waals surface area contributed by atoms with E-state index in [2.05, 4.69) is 10.2 Å². The Balaban J connectivity index is 2.44. The molecule has 1 heterocycles. The highest BCUT2D eigenvalue weighted by molar-refractivity contribution is 7.99. The van der Waals surface area contributed by atoms with Gasteiger partial charge in [0.15, 0.2) is 5.16 Å². The Hall–Kier alpha value is -1.60. The zero-order valence-electron chi connectivity index (χ0n) is 10.5. The second-order valence-electron chi connectivity index (χ2n) is 3.87. The highest BCUT2D eigenvalue weighted by atomic mass is 35.5. The van der Waals surface area contributed by atoms with Crippen molar-refractivity contribution >= 4 is 29.3 Å². The van der Waals surface area contributed by atoms with Crippen molar-refractivity contribution in [3.63, 3.8) is 0 Å². The van der Waals surface area contributed by atoms with Crippen LogP contribution in [-0.2, 0) is 11.2 Å². The molecule has 0 radical (unpaired) electrons. The maximum Gasteiger partial charge on any atom is 0.313 e. The molecule has 0 aliphatic rings. The summed E-state index contributed by atoms with van der Waals surface area (Å²) in [7, 11) is 0. The zero-order chi connectivity index (χ0) is 14.7. The number of hydrogen-bond donors (Lipinski definition) is 1. The van der Waals surface area contributed by atoms with E-state index in [4.69, 9.17) is 16.7 Å². The molecule has 2 aromatic rings. The lowest BCUT2D eigenvalue weighted by molar-refractivity contribution is -0.133. The lowest BCUT2D eigenvalue weighted by atomic mass is 10.3. The first-order chi connectivity index (χ1) is 9.52. The monoisotopic (exact) mass is 315 g/mol. The van der Waals surface area contributed by atoms with Gasteiger partial charge in [0.1, 0.15) is 11.6 Å². The fourth-order valence-electron chi connectivity index (χ4n) is 1.63. The van der Waals surface area contributed by atoms with E-state index in [9.17, 15) is 9.18 Å². The Bertz CT molecular complexity index is 648. The first kappa shape index (κ1) is 14.8. The summed E-state index contributed by atoms with van der Waals surface area (Å²) in [6.45, 7) is 1.90. The van der Waals surface area contributed by atoms with Crippen LogP contribution in [-0.4, -0.2) is 31.6 Å². The Morgan fingerprint density at radius 3 is 2.85 bits per heavy atom. The zero-order valence-corrected chi connectivity index (χ0v) is 12.1. The van der Waals surface area contributed by atoms with Crippen molar-refractivity contribution in [2.24, 2.45) is 0 Å². The smallest absolute Gasteiger partial charge is 0.313 e. The van der Waals surface area contributed by atoms with E-state index in [1.54, 1.807) is 10.6 Å². The van der Waals surface area contributed by atoms with Crippen molar-refractivity contribution in [3.8, 4) is 5.69 Å². The van der Waals surface area contributed by atoms with Crippen molar-refractivity contribution in [3.05, 3.63) is 34.9 Å². The summed E-state index contributed by atoms with van der Waals surface area (Å²) in [6, 6.07) is 4.27. The van der Waals surface area contributed by atoms with Gasteiger partial charge in [-0.15, -0.1) is 10.2 Å². The number of aliphatic carboxylic acids is 1. The summed E-state index contributed by atoms with van der Waals surface area (Å²) in [6.07, 6.45) is 0.607. The molecule has 0 amide bonds. The summed E-state index contributed by atoms with van der Waals surface area (Å²) in [5.74, 6) is -0.932. The van der Waals surface area contributed by atoms with Gasteiger partial charge in [0.05, 0.1) is 16.5 Å². The number of aromatic nitrogens is 3. The summed E-state index contributed by atoms with van der Waals surface area (Å²) in [5, 5.41) is 17.1. The molecule has 0 bridgehead atoms. The second-order valence-corrected chi connectivity index (χ2v) is 5.22. The van der Waals surface area contributed by atoms with Crippen LogP contribution in [0.5, 0.6) is 0 Å². The Labute approximate surface area is 123 Å². The average molecular weight is 316 g/mol. The normalized spacial score (nSPS) is 10.8. The summed E-state index contributed by atoms with van der Waals surface area (Å²) < 4.78 is 14.9. The second kappa shape index (κ2) is 6.23. The van der Waals surface area contributed by atoms with Crippen LogP contribution >= 0.6 is 23.4 Å². The maximum atomic E-state index is 13.2. The summed E-state index contributed by atoms with van der Waals surface area (Å²) in [4.78, 5) is 10.6. The molecule has 8 heteroatoms. The third-order valence-electron chi connectivity index (χ3n) is 2.50. The Kier molecular flexibility index (Phi) is 4.61. The number of thioether (sulfide) groups is 1. The van der Waals surface area contributed by atoms with Crippen molar-refractivity contribution in [2.45, 2.75) is 18.5 Å². The molecule has 1 N–H and O–H groups in total. The average Bonchev–Trinajstić information content (AvgIpc) is 2.82. The van der Waals surface area contributed by atoms with Crippen LogP contribution in [0, 0.1) is 5.82 Å². The largest absolute Gasteiger partial charge is 0.481 e. The van der Waals surface area contributed by atoms with Gasteiger partial charge in [-0.1, -0.05) is 30.3 Å². The van der Waals surface area contributed by atoms with Gasteiger partial charge in [-0.2, -0.15) is 0 Å². The van der Waals surface area contributed by atoms with Gasteiger partial charge in [-0.3, -0.25) is 9.36 Å². The molecule has 0 saturated heterocycles. The number of carboxylic acids is 1. The van der Waals surface area contributed by atoms with Crippen molar-refractivity contribution < 1.29 is 14.3 Å². The van der Waals surface area contributed by atoms with E-state index in [1.165, 1.54) is 12.1 Å². The predicted octanol–water partition coefficient (Wildman–Crippen LogP) is 2.80. The molecule has 1 aromatic carbocycles. The van der Waals surface area contributed by atoms with Gasteiger partial charge >= 0.3 is 5.97 Å². The predicted molar refractivity (Wildman–Crippen MR) is 74.1 cm³/mol. The molecule has 0 fully saturated rings. The third-order valence-corrected chi connectivity index (χ3v) is 3.71. The first-order valence-corrected chi connectivity index (χ1v) is 7.13. The molecule has 1 aromatic heterocycles. The SMILES string of the molecule is CCc1nnc(SCC(=O)O)n1-c1ccc(F)c(Cl)c1. The number of halogens is 2. The van der Waals surface area contributed by atoms with Gasteiger partial charge in [-0.25, -0.2) is 4.39 Å². The lowest BCUT2D eigenvalue weighted by Gasteiger charge is -2.09. The minimum Gasteiger partial charge on any atom is -0.481 e. The molecular formula is C12H11ClFN3O2S. The van der Waals surface area contributed by atoms with Gasteiger partial charge < -0.3 is 5.11 Å². The van der Waals surface area contributed by atoms with Gasteiger partial charge in [0.2, 0.25) is 0 Å². The molecule has 5 nitrogen and oxygen atoms in total. The van der Waals surface area contributed by atoms with Gasteiger partial charge in [0.25, 0.3) is 0 Å². The molecule has 106 valence electrons. The van der Waals surface area contributed by atoms with Crippen molar-refractivity contribution in [1.29, 1.82) is 0 Å². The van der Waals surface area contributed by atoms with E-state index in [0.29, 0.717) is 23.1 Å². The van der Waals surface area contributed by atoms with Crippen LogP contribution in [0.25, 0.3) is 5.69 Å². The molecule has 0 aliphatic heterocycles. The van der Waals surface area contributed by atoms with E-state index in [-0.39, 0.29) is 10.8 Å².